The Balaban J connectivity index is 1.20. The van der Waals surface area contributed by atoms with Gasteiger partial charge in [0.25, 0.3) is 0 Å². The maximum atomic E-state index is 14.5. The maximum absolute atomic E-state index is 14.5. The number of alkyl halides is 1. The summed E-state index contributed by atoms with van der Waals surface area (Å²) in [6, 6.07) is 12.9. The van der Waals surface area contributed by atoms with Crippen molar-refractivity contribution < 1.29 is 9.50 Å². The van der Waals surface area contributed by atoms with Gasteiger partial charge < -0.3 is 20.2 Å². The lowest BCUT2D eigenvalue weighted by atomic mass is 9.92. The summed E-state index contributed by atoms with van der Waals surface area (Å²) in [4.78, 5) is 12.5. The first-order chi connectivity index (χ1) is 20.5. The Morgan fingerprint density at radius 3 is 2.76 bits per heavy atom. The van der Waals surface area contributed by atoms with Crippen LogP contribution in [0.1, 0.15) is 54.6 Å². The quantitative estimate of drug-likeness (QED) is 0.435. The predicted octanol–water partition coefficient (Wildman–Crippen LogP) is 5.01. The molecule has 0 saturated carbocycles. The van der Waals surface area contributed by atoms with E-state index in [1.54, 1.807) is 6.07 Å². The van der Waals surface area contributed by atoms with Crippen molar-refractivity contribution >= 4 is 28.2 Å². The van der Waals surface area contributed by atoms with Crippen molar-refractivity contribution in [3.05, 3.63) is 65.0 Å². The minimum atomic E-state index is -0.753. The smallest absolute Gasteiger partial charge is 0.118 e. The third kappa shape index (κ3) is 4.35. The molecule has 4 atom stereocenters. The summed E-state index contributed by atoms with van der Waals surface area (Å²) in [5.41, 5.74) is 6.27. The summed E-state index contributed by atoms with van der Waals surface area (Å²) in [7, 11) is 0. The molecule has 3 aromatic rings. The molecule has 0 spiro atoms. The molecular weight excluding hydrogens is 525 g/mol. The van der Waals surface area contributed by atoms with Crippen molar-refractivity contribution in [3.8, 4) is 18.1 Å². The largest absolute Gasteiger partial charge is 0.508 e. The number of phenolic OH excluding ortho intramolecular Hbond substituents is 1. The maximum Gasteiger partial charge on any atom is 0.118 e. The van der Waals surface area contributed by atoms with Crippen LogP contribution in [0.15, 0.2) is 42.5 Å². The van der Waals surface area contributed by atoms with Gasteiger partial charge >= 0.3 is 0 Å². The third-order valence-electron chi connectivity index (χ3n) is 10.4. The van der Waals surface area contributed by atoms with Gasteiger partial charge in [-0.25, -0.2) is 4.39 Å². The number of piperazine rings is 1. The number of aromatic hydroxyl groups is 1. The Morgan fingerprint density at radius 1 is 1.07 bits per heavy atom. The molecule has 4 saturated heterocycles. The second-order valence-corrected chi connectivity index (χ2v) is 13.0. The highest BCUT2D eigenvalue weighted by atomic mass is 19.1. The molecule has 2 unspecified atom stereocenters. The minimum absolute atomic E-state index is 0.177. The van der Waals surface area contributed by atoms with Gasteiger partial charge in [-0.3, -0.25) is 9.88 Å². The van der Waals surface area contributed by atoms with Crippen molar-refractivity contribution in [2.24, 2.45) is 0 Å². The number of hydrogen-bond acceptors (Lipinski definition) is 6. The summed E-state index contributed by atoms with van der Waals surface area (Å²) < 4.78 is 14.5. The van der Waals surface area contributed by atoms with Gasteiger partial charge in [0.15, 0.2) is 0 Å². The molecule has 5 aliphatic rings. The molecule has 6 heterocycles. The lowest BCUT2D eigenvalue weighted by Gasteiger charge is -2.38. The molecule has 2 N–H and O–H groups in total. The SMILES string of the molecule is C#Cc1cccc2cc(O)cc(N3CCc4c(N5CC6CCC(C5)N6)cc(/C=C/[C@@]56CCCN5C[C@H](F)C6)nc4C3)c12. The molecule has 4 fully saturated rings. The number of phenols is 1. The van der Waals surface area contributed by atoms with Crippen LogP contribution in [0.5, 0.6) is 5.75 Å². The molecule has 42 heavy (non-hydrogen) atoms. The molecule has 7 heteroatoms. The second-order valence-electron chi connectivity index (χ2n) is 13.0. The number of terminal acetylenes is 1. The Hall–Kier alpha value is -3.60. The monoisotopic (exact) mass is 563 g/mol. The lowest BCUT2D eigenvalue weighted by molar-refractivity contribution is 0.247. The summed E-state index contributed by atoms with van der Waals surface area (Å²) in [6.45, 7) is 5.02. The number of anilines is 2. The van der Waals surface area contributed by atoms with E-state index in [0.29, 0.717) is 31.6 Å². The molecule has 2 bridgehead atoms. The molecule has 216 valence electrons. The van der Waals surface area contributed by atoms with Gasteiger partial charge in [-0.2, -0.15) is 0 Å². The van der Waals surface area contributed by atoms with Gasteiger partial charge in [0.1, 0.15) is 11.9 Å². The van der Waals surface area contributed by atoms with E-state index in [2.05, 4.69) is 44.2 Å². The molecule has 6 nitrogen and oxygen atoms in total. The van der Waals surface area contributed by atoms with Gasteiger partial charge in [-0.1, -0.05) is 24.1 Å². The average molecular weight is 564 g/mol. The first kappa shape index (κ1) is 26.1. The summed E-state index contributed by atoms with van der Waals surface area (Å²) in [5, 5.41) is 16.4. The topological polar surface area (TPSA) is 54.9 Å². The number of aromatic nitrogens is 1. The number of nitrogens with one attached hydrogen (secondary N) is 1. The number of pyridine rings is 1. The molecular formula is C35H38FN5O. The zero-order chi connectivity index (χ0) is 28.4. The van der Waals surface area contributed by atoms with Crippen molar-refractivity contribution in [1.29, 1.82) is 0 Å². The number of benzene rings is 2. The van der Waals surface area contributed by atoms with Gasteiger partial charge in [-0.15, -0.1) is 6.42 Å². The Labute approximate surface area is 247 Å². The Kier molecular flexibility index (Phi) is 6.20. The van der Waals surface area contributed by atoms with Gasteiger partial charge in [0.2, 0.25) is 0 Å². The predicted molar refractivity (Wildman–Crippen MR) is 167 cm³/mol. The van der Waals surface area contributed by atoms with E-state index in [4.69, 9.17) is 11.4 Å². The van der Waals surface area contributed by atoms with Crippen LogP contribution in [0.2, 0.25) is 0 Å². The fraction of sp³-hybridized carbons (Fsp3) is 0.457. The van der Waals surface area contributed by atoms with E-state index in [-0.39, 0.29) is 11.3 Å². The number of fused-ring (bicyclic) bond motifs is 5. The van der Waals surface area contributed by atoms with Gasteiger partial charge in [0, 0.05) is 84.2 Å². The van der Waals surface area contributed by atoms with Crippen LogP contribution in [-0.2, 0) is 13.0 Å². The van der Waals surface area contributed by atoms with E-state index >= 15 is 0 Å². The van der Waals surface area contributed by atoms with Crippen molar-refractivity contribution in [2.75, 3.05) is 42.5 Å². The highest BCUT2D eigenvalue weighted by Gasteiger charge is 2.46. The minimum Gasteiger partial charge on any atom is -0.508 e. The number of hydrogen-bond donors (Lipinski definition) is 2. The molecule has 2 aromatic carbocycles. The van der Waals surface area contributed by atoms with Crippen molar-refractivity contribution in [2.45, 2.75) is 68.9 Å². The summed E-state index contributed by atoms with van der Waals surface area (Å²) >= 11 is 0. The zero-order valence-electron chi connectivity index (χ0n) is 24.0. The first-order valence-electron chi connectivity index (χ1n) is 15.6. The van der Waals surface area contributed by atoms with Crippen LogP contribution < -0.4 is 15.1 Å². The zero-order valence-corrected chi connectivity index (χ0v) is 24.0. The van der Waals surface area contributed by atoms with Crippen LogP contribution >= 0.6 is 0 Å². The fourth-order valence-corrected chi connectivity index (χ4v) is 8.51. The number of halogens is 1. The van der Waals surface area contributed by atoms with Gasteiger partial charge in [-0.05, 0) is 68.3 Å². The standard InChI is InChI=1S/C35H38FN5O/c1-2-23-5-3-6-24-15-29(42)17-33(34(23)24)39-14-10-30-31(22-39)38-26(9-12-35-11-4-13-41(35)19-25(36)18-35)16-32(30)40-20-27-7-8-28(21-40)37-27/h1,3,5-6,9,12,15-17,25,27-28,37,42H,4,7-8,10-11,13-14,18-22H2/b12-9+/t25-,27?,28?,35-/m1/s1. The molecule has 5 aliphatic heterocycles. The Bertz CT molecular complexity index is 1620. The Morgan fingerprint density at radius 2 is 1.93 bits per heavy atom. The molecule has 0 aliphatic carbocycles. The molecule has 8 rings (SSSR count). The number of nitrogens with zero attached hydrogens (tertiary/aromatic N) is 4. The van der Waals surface area contributed by atoms with Crippen molar-refractivity contribution in [1.82, 2.24) is 15.2 Å². The van der Waals surface area contributed by atoms with E-state index in [0.717, 1.165) is 78.9 Å². The third-order valence-corrected chi connectivity index (χ3v) is 10.4. The van der Waals surface area contributed by atoms with Crippen LogP contribution in [0, 0.1) is 12.3 Å². The van der Waals surface area contributed by atoms with Gasteiger partial charge in [0.05, 0.1) is 17.9 Å². The molecule has 0 amide bonds. The summed E-state index contributed by atoms with van der Waals surface area (Å²) in [6.07, 6.45) is 15.6. The van der Waals surface area contributed by atoms with E-state index in [1.807, 2.05) is 24.3 Å². The first-order valence-corrected chi connectivity index (χ1v) is 15.6. The molecule has 0 radical (unpaired) electrons. The second kappa shape index (κ2) is 10.00. The van der Waals surface area contributed by atoms with E-state index < -0.39 is 6.17 Å². The fourth-order valence-electron chi connectivity index (χ4n) is 8.51. The van der Waals surface area contributed by atoms with Crippen molar-refractivity contribution in [3.63, 3.8) is 0 Å². The molecule has 1 aromatic heterocycles. The average Bonchev–Trinajstić information content (AvgIpc) is 3.64. The van der Waals surface area contributed by atoms with Crippen LogP contribution in [0.4, 0.5) is 15.8 Å². The van der Waals surface area contributed by atoms with Crippen LogP contribution in [0.25, 0.3) is 16.8 Å². The summed E-state index contributed by atoms with van der Waals surface area (Å²) in [5.74, 6) is 3.09. The highest BCUT2D eigenvalue weighted by Crippen LogP contribution is 2.42. The normalized spacial score (nSPS) is 28.9. The lowest BCUT2D eigenvalue weighted by Crippen LogP contribution is -2.51. The van der Waals surface area contributed by atoms with E-state index in [1.165, 1.54) is 24.1 Å². The highest BCUT2D eigenvalue weighted by molar-refractivity contribution is 6.00. The van der Waals surface area contributed by atoms with Crippen LogP contribution in [-0.4, -0.2) is 71.5 Å². The number of rotatable bonds is 4. The van der Waals surface area contributed by atoms with Crippen LogP contribution in [0.3, 0.4) is 0 Å². The van der Waals surface area contributed by atoms with E-state index in [9.17, 15) is 9.50 Å².